The predicted octanol–water partition coefficient (Wildman–Crippen LogP) is 3.55. The lowest BCUT2D eigenvalue weighted by Crippen LogP contribution is -2.41. The average Bonchev–Trinajstić information content (AvgIpc) is 2.63. The summed E-state index contributed by atoms with van der Waals surface area (Å²) in [5, 5.41) is 0.679. The average molecular weight is 373 g/mol. The van der Waals surface area contributed by atoms with E-state index in [1.165, 1.54) is 6.92 Å². The lowest BCUT2D eigenvalue weighted by atomic mass is 10.1. The number of rotatable bonds is 5. The highest BCUT2D eigenvalue weighted by molar-refractivity contribution is 6.30. The van der Waals surface area contributed by atoms with Crippen molar-refractivity contribution in [1.82, 2.24) is 9.88 Å². The maximum Gasteiger partial charge on any atom is 0.255 e. The summed E-state index contributed by atoms with van der Waals surface area (Å²) in [7, 11) is 0. The third-order valence-electron chi connectivity index (χ3n) is 4.34. The molecule has 1 saturated heterocycles. The molecule has 1 amide bonds. The third kappa shape index (κ3) is 4.82. The zero-order valence-corrected chi connectivity index (χ0v) is 15.4. The fourth-order valence-corrected chi connectivity index (χ4v) is 3.18. The number of Topliss-reactive ketones (excluding diaryl/α,β-unsaturated/α-hetero) is 1. The van der Waals surface area contributed by atoms with Crippen LogP contribution < -0.4 is 4.74 Å². The van der Waals surface area contributed by atoms with Gasteiger partial charge in [-0.05, 0) is 42.8 Å². The first-order valence-electron chi connectivity index (χ1n) is 8.66. The van der Waals surface area contributed by atoms with Gasteiger partial charge in [-0.3, -0.25) is 14.6 Å². The van der Waals surface area contributed by atoms with E-state index in [1.54, 1.807) is 30.6 Å². The predicted molar refractivity (Wildman–Crippen MR) is 99.6 cm³/mol. The molecule has 0 saturated carbocycles. The summed E-state index contributed by atoms with van der Waals surface area (Å²) in [6.45, 7) is 2.79. The Kier molecular flexibility index (Phi) is 5.89. The number of pyridine rings is 1. The van der Waals surface area contributed by atoms with E-state index < -0.39 is 0 Å². The molecule has 6 heteroatoms. The van der Waals surface area contributed by atoms with Gasteiger partial charge in [-0.15, -0.1) is 0 Å². The second-order valence-electron chi connectivity index (χ2n) is 6.52. The van der Waals surface area contributed by atoms with Crippen LogP contribution in [0, 0.1) is 0 Å². The van der Waals surface area contributed by atoms with Crippen LogP contribution in [-0.4, -0.2) is 40.8 Å². The van der Waals surface area contributed by atoms with Crippen LogP contribution >= 0.6 is 11.6 Å². The van der Waals surface area contributed by atoms with E-state index in [0.29, 0.717) is 30.1 Å². The highest BCUT2D eigenvalue weighted by Gasteiger charge is 2.25. The molecule has 0 bridgehead atoms. The van der Waals surface area contributed by atoms with Crippen molar-refractivity contribution in [2.75, 3.05) is 13.1 Å². The van der Waals surface area contributed by atoms with Crippen molar-refractivity contribution in [3.05, 3.63) is 58.9 Å². The Balaban J connectivity index is 1.56. The van der Waals surface area contributed by atoms with Crippen molar-refractivity contribution in [2.45, 2.75) is 32.3 Å². The van der Waals surface area contributed by atoms with Crippen molar-refractivity contribution >= 4 is 23.3 Å². The molecule has 26 heavy (non-hydrogen) atoms. The Bertz CT molecular complexity index is 784. The first-order valence-corrected chi connectivity index (χ1v) is 9.04. The van der Waals surface area contributed by atoms with E-state index in [4.69, 9.17) is 16.3 Å². The molecule has 2 aromatic rings. The minimum atomic E-state index is -0.0483. The number of aromatic nitrogens is 1. The normalized spacial score (nSPS) is 14.9. The number of amides is 1. The van der Waals surface area contributed by atoms with Gasteiger partial charge in [0.1, 0.15) is 17.6 Å². The molecule has 1 fully saturated rings. The monoisotopic (exact) mass is 372 g/mol. The molecule has 1 aromatic carbocycles. The summed E-state index contributed by atoms with van der Waals surface area (Å²) in [5.74, 6) is 0.796. The van der Waals surface area contributed by atoms with Crippen molar-refractivity contribution in [1.29, 1.82) is 0 Å². The molecule has 0 radical (unpaired) electrons. The van der Waals surface area contributed by atoms with Gasteiger partial charge < -0.3 is 9.64 Å². The maximum atomic E-state index is 12.7. The molecule has 1 aromatic heterocycles. The summed E-state index contributed by atoms with van der Waals surface area (Å²) >= 11 is 5.88. The molecule has 136 valence electrons. The molecule has 0 aliphatic carbocycles. The van der Waals surface area contributed by atoms with Gasteiger partial charge in [0, 0.05) is 49.8 Å². The fraction of sp³-hybridized carbons (Fsp3) is 0.350. The minimum absolute atomic E-state index is 0.0483. The zero-order valence-electron chi connectivity index (χ0n) is 14.7. The van der Waals surface area contributed by atoms with Gasteiger partial charge in [-0.2, -0.15) is 0 Å². The standard InChI is InChI=1S/C20H21ClN2O3/c1-14(24)10-15-11-16(13-22-12-15)20(25)23-8-6-19(7-9-23)26-18-4-2-17(21)3-5-18/h2-5,11-13,19H,6-10H2,1H3. The molecule has 1 aliphatic heterocycles. The number of benzene rings is 1. The molecule has 1 aliphatic rings. The summed E-state index contributed by atoms with van der Waals surface area (Å²) in [6, 6.07) is 9.07. The number of likely N-dealkylation sites (tertiary alicyclic amines) is 1. The van der Waals surface area contributed by atoms with Crippen molar-refractivity contribution in [3.8, 4) is 5.75 Å². The highest BCUT2D eigenvalue weighted by Crippen LogP contribution is 2.22. The van der Waals surface area contributed by atoms with Crippen LogP contribution in [0.25, 0.3) is 0 Å². The Morgan fingerprint density at radius 1 is 1.19 bits per heavy atom. The number of ketones is 1. The number of carbonyl (C=O) groups is 2. The Morgan fingerprint density at radius 2 is 1.88 bits per heavy atom. The number of nitrogens with zero attached hydrogens (tertiary/aromatic N) is 2. The maximum absolute atomic E-state index is 12.7. The number of carbonyl (C=O) groups excluding carboxylic acids is 2. The van der Waals surface area contributed by atoms with Crippen LogP contribution in [0.2, 0.25) is 5.02 Å². The summed E-state index contributed by atoms with van der Waals surface area (Å²) in [5.41, 5.74) is 1.30. The van der Waals surface area contributed by atoms with Crippen LogP contribution in [0.15, 0.2) is 42.7 Å². The lowest BCUT2D eigenvalue weighted by molar-refractivity contribution is -0.116. The SMILES string of the molecule is CC(=O)Cc1cncc(C(=O)N2CCC(Oc3ccc(Cl)cc3)CC2)c1. The quantitative estimate of drug-likeness (QED) is 0.805. The first-order chi connectivity index (χ1) is 12.5. The van der Waals surface area contributed by atoms with Crippen LogP contribution in [0.1, 0.15) is 35.7 Å². The van der Waals surface area contributed by atoms with E-state index in [-0.39, 0.29) is 17.8 Å². The zero-order chi connectivity index (χ0) is 18.5. The molecule has 0 unspecified atom stereocenters. The van der Waals surface area contributed by atoms with Crippen LogP contribution in [0.4, 0.5) is 0 Å². The molecule has 2 heterocycles. The lowest BCUT2D eigenvalue weighted by Gasteiger charge is -2.32. The second-order valence-corrected chi connectivity index (χ2v) is 6.96. The van der Waals surface area contributed by atoms with Crippen molar-refractivity contribution < 1.29 is 14.3 Å². The molecule has 3 rings (SSSR count). The van der Waals surface area contributed by atoms with E-state index in [2.05, 4.69) is 4.98 Å². The molecule has 0 spiro atoms. The highest BCUT2D eigenvalue weighted by atomic mass is 35.5. The van der Waals surface area contributed by atoms with Gasteiger partial charge in [0.2, 0.25) is 0 Å². The van der Waals surface area contributed by atoms with Gasteiger partial charge in [0.05, 0.1) is 5.56 Å². The van der Waals surface area contributed by atoms with Gasteiger partial charge in [-0.1, -0.05) is 11.6 Å². The molecular weight excluding hydrogens is 352 g/mol. The number of piperidine rings is 1. The largest absolute Gasteiger partial charge is 0.490 e. The smallest absolute Gasteiger partial charge is 0.255 e. The Morgan fingerprint density at radius 3 is 2.54 bits per heavy atom. The summed E-state index contributed by atoms with van der Waals surface area (Å²) < 4.78 is 5.96. The molecule has 0 atom stereocenters. The Labute approximate surface area is 157 Å². The second kappa shape index (κ2) is 8.32. The Hall–Kier alpha value is -2.40. The molecule has 0 N–H and O–H groups in total. The fourth-order valence-electron chi connectivity index (χ4n) is 3.05. The molecular formula is C20H21ClN2O3. The van der Waals surface area contributed by atoms with Gasteiger partial charge >= 0.3 is 0 Å². The van der Waals surface area contributed by atoms with Gasteiger partial charge in [0.25, 0.3) is 5.91 Å². The van der Waals surface area contributed by atoms with Crippen molar-refractivity contribution in [2.24, 2.45) is 0 Å². The topological polar surface area (TPSA) is 59.5 Å². The summed E-state index contributed by atoms with van der Waals surface area (Å²) in [6.07, 6.45) is 5.11. The number of halogens is 1. The van der Waals surface area contributed by atoms with E-state index in [9.17, 15) is 9.59 Å². The number of hydrogen-bond acceptors (Lipinski definition) is 4. The van der Waals surface area contributed by atoms with Crippen LogP contribution in [0.3, 0.4) is 0 Å². The van der Waals surface area contributed by atoms with Crippen LogP contribution in [-0.2, 0) is 11.2 Å². The molecule has 5 nitrogen and oxygen atoms in total. The van der Waals surface area contributed by atoms with Crippen LogP contribution in [0.5, 0.6) is 5.75 Å². The van der Waals surface area contributed by atoms with Gasteiger partial charge in [-0.25, -0.2) is 0 Å². The van der Waals surface area contributed by atoms with E-state index >= 15 is 0 Å². The third-order valence-corrected chi connectivity index (χ3v) is 4.59. The van der Waals surface area contributed by atoms with E-state index in [0.717, 1.165) is 24.2 Å². The van der Waals surface area contributed by atoms with Crippen molar-refractivity contribution in [3.63, 3.8) is 0 Å². The number of ether oxygens (including phenoxy) is 1. The van der Waals surface area contributed by atoms with Gasteiger partial charge in [0.15, 0.2) is 0 Å². The van der Waals surface area contributed by atoms with E-state index in [1.807, 2.05) is 17.0 Å². The number of hydrogen-bond donors (Lipinski definition) is 0. The summed E-state index contributed by atoms with van der Waals surface area (Å²) in [4.78, 5) is 29.9. The minimum Gasteiger partial charge on any atom is -0.490 e. The first kappa shape index (κ1) is 18.4.